The van der Waals surface area contributed by atoms with Crippen LogP contribution in [0.4, 0.5) is 0 Å². The molecule has 0 saturated carbocycles. The van der Waals surface area contributed by atoms with E-state index in [0.29, 0.717) is 5.92 Å². The highest BCUT2D eigenvalue weighted by atomic mass is 16.5. The monoisotopic (exact) mass is 249 g/mol. The Morgan fingerprint density at radius 2 is 2.17 bits per heavy atom. The van der Waals surface area contributed by atoms with Gasteiger partial charge in [0.25, 0.3) is 0 Å². The average Bonchev–Trinajstić information content (AvgIpc) is 2.46. The molecule has 1 saturated heterocycles. The van der Waals surface area contributed by atoms with Crippen molar-refractivity contribution in [2.24, 2.45) is 0 Å². The number of nitrogens with one attached hydrogen (secondary N) is 1. The molecule has 1 heterocycles. The van der Waals surface area contributed by atoms with Crippen molar-refractivity contribution in [3.8, 4) is 5.75 Å². The predicted octanol–water partition coefficient (Wildman–Crippen LogP) is 1.70. The highest BCUT2D eigenvalue weighted by molar-refractivity contribution is 5.75. The van der Waals surface area contributed by atoms with E-state index in [2.05, 4.69) is 17.4 Å². The number of methoxy groups -OCH3 is 2. The van der Waals surface area contributed by atoms with Crippen molar-refractivity contribution >= 4 is 5.97 Å². The molecule has 1 aliphatic rings. The fourth-order valence-electron chi connectivity index (χ4n) is 2.38. The lowest BCUT2D eigenvalue weighted by Gasteiger charge is -2.28. The molecule has 98 valence electrons. The third kappa shape index (κ3) is 2.82. The van der Waals surface area contributed by atoms with Crippen LogP contribution in [0.5, 0.6) is 5.75 Å². The number of benzene rings is 1. The summed E-state index contributed by atoms with van der Waals surface area (Å²) in [6, 6.07) is 7.95. The molecule has 18 heavy (non-hydrogen) atoms. The third-order valence-electron chi connectivity index (χ3n) is 3.47. The van der Waals surface area contributed by atoms with Crippen LogP contribution in [-0.2, 0) is 9.53 Å². The normalized spacial score (nSPS) is 23.4. The Morgan fingerprint density at radius 3 is 2.78 bits per heavy atom. The van der Waals surface area contributed by atoms with E-state index in [0.717, 1.165) is 25.1 Å². The van der Waals surface area contributed by atoms with Crippen LogP contribution >= 0.6 is 0 Å². The molecule has 2 atom stereocenters. The predicted molar refractivity (Wildman–Crippen MR) is 68.8 cm³/mol. The number of piperidine rings is 1. The number of carbonyl (C=O) groups is 1. The van der Waals surface area contributed by atoms with Crippen LogP contribution in [0, 0.1) is 0 Å². The summed E-state index contributed by atoms with van der Waals surface area (Å²) in [4.78, 5) is 11.4. The van der Waals surface area contributed by atoms with Crippen LogP contribution in [0.1, 0.15) is 24.3 Å². The summed E-state index contributed by atoms with van der Waals surface area (Å²) in [5.41, 5.74) is 1.25. The summed E-state index contributed by atoms with van der Waals surface area (Å²) in [7, 11) is 3.10. The number of hydrogen-bond acceptors (Lipinski definition) is 4. The topological polar surface area (TPSA) is 47.6 Å². The van der Waals surface area contributed by atoms with Gasteiger partial charge in [-0.05, 0) is 36.5 Å². The summed E-state index contributed by atoms with van der Waals surface area (Å²) < 4.78 is 9.97. The van der Waals surface area contributed by atoms with Crippen molar-refractivity contribution in [1.82, 2.24) is 5.32 Å². The van der Waals surface area contributed by atoms with Crippen molar-refractivity contribution < 1.29 is 14.3 Å². The summed E-state index contributed by atoms with van der Waals surface area (Å²) in [6.07, 6.45) is 1.80. The van der Waals surface area contributed by atoms with E-state index in [-0.39, 0.29) is 12.0 Å². The molecule has 0 amide bonds. The van der Waals surface area contributed by atoms with Gasteiger partial charge in [-0.25, -0.2) is 0 Å². The number of carbonyl (C=O) groups excluding carboxylic acids is 1. The van der Waals surface area contributed by atoms with E-state index in [9.17, 15) is 4.79 Å². The summed E-state index contributed by atoms with van der Waals surface area (Å²) >= 11 is 0. The van der Waals surface area contributed by atoms with Crippen LogP contribution in [0.2, 0.25) is 0 Å². The summed E-state index contributed by atoms with van der Waals surface area (Å²) in [6.45, 7) is 0.799. The van der Waals surface area contributed by atoms with Gasteiger partial charge in [-0.15, -0.1) is 0 Å². The minimum atomic E-state index is -0.168. The van der Waals surface area contributed by atoms with Gasteiger partial charge in [0.1, 0.15) is 11.8 Å². The maximum atomic E-state index is 11.4. The van der Waals surface area contributed by atoms with Crippen molar-refractivity contribution in [2.45, 2.75) is 24.8 Å². The van der Waals surface area contributed by atoms with E-state index < -0.39 is 0 Å². The highest BCUT2D eigenvalue weighted by Crippen LogP contribution is 2.27. The van der Waals surface area contributed by atoms with Gasteiger partial charge in [-0.1, -0.05) is 12.1 Å². The molecule has 0 radical (unpaired) electrons. The first-order chi connectivity index (χ1) is 8.74. The first-order valence-corrected chi connectivity index (χ1v) is 6.19. The van der Waals surface area contributed by atoms with Gasteiger partial charge in [0.15, 0.2) is 0 Å². The van der Waals surface area contributed by atoms with Gasteiger partial charge in [0.2, 0.25) is 0 Å². The lowest BCUT2D eigenvalue weighted by molar-refractivity contribution is -0.143. The number of esters is 1. The van der Waals surface area contributed by atoms with Gasteiger partial charge >= 0.3 is 5.97 Å². The van der Waals surface area contributed by atoms with Gasteiger partial charge < -0.3 is 14.8 Å². The van der Waals surface area contributed by atoms with Crippen molar-refractivity contribution in [3.63, 3.8) is 0 Å². The number of hydrogen-bond donors (Lipinski definition) is 1. The first-order valence-electron chi connectivity index (χ1n) is 6.19. The molecular formula is C14H19NO3. The van der Waals surface area contributed by atoms with E-state index in [4.69, 9.17) is 9.47 Å². The fourth-order valence-corrected chi connectivity index (χ4v) is 2.38. The quantitative estimate of drug-likeness (QED) is 0.828. The lowest BCUT2D eigenvalue weighted by Crippen LogP contribution is -2.43. The molecule has 0 aliphatic carbocycles. The Labute approximate surface area is 107 Å². The minimum absolute atomic E-state index is 0.156. The van der Waals surface area contributed by atoms with Gasteiger partial charge in [0, 0.05) is 6.54 Å². The molecule has 4 nitrogen and oxygen atoms in total. The van der Waals surface area contributed by atoms with Crippen LogP contribution < -0.4 is 10.1 Å². The molecule has 0 spiro atoms. The molecule has 0 bridgehead atoms. The fraction of sp³-hybridized carbons (Fsp3) is 0.500. The minimum Gasteiger partial charge on any atom is -0.497 e. The van der Waals surface area contributed by atoms with Crippen LogP contribution in [0.15, 0.2) is 24.3 Å². The molecule has 2 unspecified atom stereocenters. The van der Waals surface area contributed by atoms with Crippen LogP contribution in [-0.4, -0.2) is 32.8 Å². The zero-order chi connectivity index (χ0) is 13.0. The smallest absolute Gasteiger partial charge is 0.322 e. The largest absolute Gasteiger partial charge is 0.497 e. The highest BCUT2D eigenvalue weighted by Gasteiger charge is 2.27. The Hall–Kier alpha value is -1.55. The van der Waals surface area contributed by atoms with Gasteiger partial charge in [0.05, 0.1) is 14.2 Å². The Balaban J connectivity index is 1.98. The molecular weight excluding hydrogens is 230 g/mol. The maximum absolute atomic E-state index is 11.4. The van der Waals surface area contributed by atoms with E-state index in [1.165, 1.54) is 12.7 Å². The standard InChI is InChI=1S/C14H19NO3/c1-17-12-5-3-4-10(8-12)11-6-7-13(15-9-11)14(16)18-2/h3-5,8,11,13,15H,6-7,9H2,1-2H3. The van der Waals surface area contributed by atoms with Crippen molar-refractivity contribution in [1.29, 1.82) is 0 Å². The van der Waals surface area contributed by atoms with Crippen LogP contribution in [0.3, 0.4) is 0 Å². The maximum Gasteiger partial charge on any atom is 0.322 e. The Morgan fingerprint density at radius 1 is 1.33 bits per heavy atom. The Bertz CT molecular complexity index is 411. The average molecular weight is 249 g/mol. The van der Waals surface area contributed by atoms with Gasteiger partial charge in [-0.3, -0.25) is 4.79 Å². The molecule has 1 fully saturated rings. The van der Waals surface area contributed by atoms with Gasteiger partial charge in [-0.2, -0.15) is 0 Å². The van der Waals surface area contributed by atoms with Crippen molar-refractivity contribution in [2.75, 3.05) is 20.8 Å². The SMILES string of the molecule is COC(=O)C1CCC(c2cccc(OC)c2)CN1. The summed E-state index contributed by atoms with van der Waals surface area (Å²) in [5.74, 6) is 1.14. The summed E-state index contributed by atoms with van der Waals surface area (Å²) in [5, 5.41) is 3.24. The van der Waals surface area contributed by atoms with Crippen LogP contribution in [0.25, 0.3) is 0 Å². The van der Waals surface area contributed by atoms with E-state index >= 15 is 0 Å². The Kier molecular flexibility index (Phi) is 4.20. The first kappa shape index (κ1) is 12.9. The number of ether oxygens (including phenoxy) is 2. The zero-order valence-electron chi connectivity index (χ0n) is 10.8. The molecule has 4 heteroatoms. The van der Waals surface area contributed by atoms with E-state index in [1.54, 1.807) is 7.11 Å². The molecule has 1 aromatic rings. The second-order valence-electron chi connectivity index (χ2n) is 4.53. The molecule has 1 aromatic carbocycles. The second kappa shape index (κ2) is 5.87. The molecule has 0 aromatic heterocycles. The zero-order valence-corrected chi connectivity index (χ0v) is 10.8. The molecule has 2 rings (SSSR count). The molecule has 1 N–H and O–H groups in total. The lowest BCUT2D eigenvalue weighted by atomic mass is 9.88. The number of rotatable bonds is 3. The molecule has 1 aliphatic heterocycles. The third-order valence-corrected chi connectivity index (χ3v) is 3.47. The van der Waals surface area contributed by atoms with Crippen molar-refractivity contribution in [3.05, 3.63) is 29.8 Å². The second-order valence-corrected chi connectivity index (χ2v) is 4.53. The van der Waals surface area contributed by atoms with E-state index in [1.807, 2.05) is 12.1 Å².